The third kappa shape index (κ3) is 13.0. The van der Waals surface area contributed by atoms with Crippen LogP contribution in [-0.2, 0) is 19.2 Å². The molecule has 0 fully saturated rings. The zero-order valence-corrected chi connectivity index (χ0v) is 19.7. The zero-order valence-electron chi connectivity index (χ0n) is 18.9. The van der Waals surface area contributed by atoms with Crippen LogP contribution in [0.25, 0.3) is 0 Å². The van der Waals surface area contributed by atoms with Gasteiger partial charge in [0, 0.05) is 6.54 Å². The van der Waals surface area contributed by atoms with E-state index in [1.807, 2.05) is 20.1 Å². The Balaban J connectivity index is 5.43. The number of nitrogens with one attached hydrogen (secondary N) is 3. The average Bonchev–Trinajstić information content (AvgIpc) is 2.71. The van der Waals surface area contributed by atoms with Gasteiger partial charge in [0.2, 0.25) is 17.7 Å². The summed E-state index contributed by atoms with van der Waals surface area (Å²) in [6.07, 6.45) is 2.97. The van der Waals surface area contributed by atoms with Gasteiger partial charge >= 0.3 is 5.97 Å². The fourth-order valence-electron chi connectivity index (χ4n) is 2.77. The molecule has 0 aliphatic heterocycles. The lowest BCUT2D eigenvalue weighted by atomic mass is 10.0. The summed E-state index contributed by atoms with van der Waals surface area (Å²) in [5.41, 5.74) is 15.9. The van der Waals surface area contributed by atoms with E-state index >= 15 is 0 Å². The van der Waals surface area contributed by atoms with E-state index in [1.165, 1.54) is 11.8 Å². The van der Waals surface area contributed by atoms with Gasteiger partial charge in [0.05, 0.1) is 6.54 Å². The largest absolute Gasteiger partial charge is 0.480 e. The topological polar surface area (TPSA) is 215 Å². The van der Waals surface area contributed by atoms with Crippen LogP contribution >= 0.6 is 11.8 Å². The van der Waals surface area contributed by atoms with Crippen LogP contribution in [0.5, 0.6) is 0 Å². The maximum atomic E-state index is 12.8. The highest BCUT2D eigenvalue weighted by atomic mass is 32.2. The lowest BCUT2D eigenvalue weighted by molar-refractivity contribution is -0.142. The lowest BCUT2D eigenvalue weighted by Crippen LogP contribution is -2.56. The van der Waals surface area contributed by atoms with Gasteiger partial charge < -0.3 is 38.3 Å². The van der Waals surface area contributed by atoms with E-state index in [1.54, 1.807) is 0 Å². The molecule has 0 aromatic heterocycles. The summed E-state index contributed by atoms with van der Waals surface area (Å²) in [4.78, 5) is 52.7. The molecule has 0 radical (unpaired) electrons. The second kappa shape index (κ2) is 16.1. The molecule has 0 aliphatic carbocycles. The molecule has 0 aromatic carbocycles. The van der Waals surface area contributed by atoms with E-state index < -0.39 is 41.8 Å². The summed E-state index contributed by atoms with van der Waals surface area (Å²) in [6.45, 7) is 3.64. The molecular formula is C19H37N7O5S. The lowest BCUT2D eigenvalue weighted by Gasteiger charge is -2.25. The molecule has 0 saturated carbocycles. The first-order chi connectivity index (χ1) is 15.0. The number of aliphatic carboxylic acids is 1. The number of hydrogen-bond donors (Lipinski definition) is 7. The molecule has 0 spiro atoms. The Labute approximate surface area is 192 Å². The Morgan fingerprint density at radius 3 is 2.00 bits per heavy atom. The molecule has 3 atom stereocenters. The Hall–Kier alpha value is -2.54. The van der Waals surface area contributed by atoms with Crippen LogP contribution in [0, 0.1) is 5.92 Å². The molecule has 3 amide bonds. The van der Waals surface area contributed by atoms with Crippen molar-refractivity contribution in [3.63, 3.8) is 0 Å². The molecule has 0 bridgehead atoms. The maximum Gasteiger partial charge on any atom is 0.326 e. The normalized spacial score (nSPS) is 13.5. The van der Waals surface area contributed by atoms with Gasteiger partial charge in [-0.2, -0.15) is 11.8 Å². The van der Waals surface area contributed by atoms with E-state index in [2.05, 4.69) is 20.9 Å². The highest BCUT2D eigenvalue weighted by molar-refractivity contribution is 7.98. The predicted octanol–water partition coefficient (Wildman–Crippen LogP) is -1.66. The van der Waals surface area contributed by atoms with E-state index in [0.29, 0.717) is 18.6 Å². The molecule has 184 valence electrons. The molecular weight excluding hydrogens is 438 g/mol. The minimum Gasteiger partial charge on any atom is -0.480 e. The molecule has 0 heterocycles. The Morgan fingerprint density at radius 1 is 0.969 bits per heavy atom. The van der Waals surface area contributed by atoms with Gasteiger partial charge in [-0.3, -0.25) is 19.4 Å². The fraction of sp³-hybridized carbons (Fsp3) is 0.737. The number of carbonyl (C=O) groups is 4. The van der Waals surface area contributed by atoms with E-state index in [4.69, 9.17) is 17.2 Å². The summed E-state index contributed by atoms with van der Waals surface area (Å²) < 4.78 is 0. The van der Waals surface area contributed by atoms with Gasteiger partial charge in [0.15, 0.2) is 5.96 Å². The molecule has 0 aliphatic rings. The van der Waals surface area contributed by atoms with Crippen LogP contribution < -0.4 is 33.2 Å². The molecule has 0 rings (SSSR count). The third-order valence-electron chi connectivity index (χ3n) is 4.35. The first kappa shape index (κ1) is 29.5. The summed E-state index contributed by atoms with van der Waals surface area (Å²) in [5.74, 6) is -2.31. The second-order valence-corrected chi connectivity index (χ2v) is 8.63. The molecule has 13 heteroatoms. The fourth-order valence-corrected chi connectivity index (χ4v) is 3.24. The number of amides is 3. The van der Waals surface area contributed by atoms with E-state index in [9.17, 15) is 24.3 Å². The van der Waals surface area contributed by atoms with E-state index in [-0.39, 0.29) is 37.8 Å². The van der Waals surface area contributed by atoms with Gasteiger partial charge in [0.1, 0.15) is 18.1 Å². The number of hydrogen-bond acceptors (Lipinski definition) is 7. The average molecular weight is 476 g/mol. The number of carbonyl (C=O) groups excluding carboxylic acids is 3. The summed E-state index contributed by atoms with van der Waals surface area (Å²) in [5, 5.41) is 17.1. The predicted molar refractivity (Wildman–Crippen MR) is 125 cm³/mol. The van der Waals surface area contributed by atoms with Crippen molar-refractivity contribution in [3.05, 3.63) is 0 Å². The highest BCUT2D eigenvalue weighted by Gasteiger charge is 2.29. The van der Waals surface area contributed by atoms with Crippen LogP contribution in [0.15, 0.2) is 4.99 Å². The standard InChI is InChI=1S/C19H37N7O5S/c1-11(2)9-14(18(30)31)26-16(28)12(5-4-7-23-19(21)22)25-17(29)13(6-8-32-3)24-15(27)10-20/h11-14H,4-10,20H2,1-3H3,(H,24,27)(H,25,29)(H,26,28)(H,30,31)(H4,21,22,23). The Morgan fingerprint density at radius 2 is 1.53 bits per heavy atom. The minimum atomic E-state index is -1.16. The number of nitrogens with zero attached hydrogens (tertiary/aromatic N) is 1. The summed E-state index contributed by atoms with van der Waals surface area (Å²) in [6, 6.07) is -3.00. The third-order valence-corrected chi connectivity index (χ3v) is 4.99. The van der Waals surface area contributed by atoms with Crippen molar-refractivity contribution in [1.82, 2.24) is 16.0 Å². The first-order valence-electron chi connectivity index (χ1n) is 10.4. The summed E-state index contributed by atoms with van der Waals surface area (Å²) in [7, 11) is 0. The van der Waals surface area contributed by atoms with Gasteiger partial charge in [-0.05, 0) is 43.6 Å². The Kier molecular flexibility index (Phi) is 14.9. The SMILES string of the molecule is CSCCC(NC(=O)CN)C(=O)NC(CCCN=C(N)N)C(=O)NC(CC(C)C)C(=O)O. The van der Waals surface area contributed by atoms with Crippen LogP contribution in [0.4, 0.5) is 0 Å². The van der Waals surface area contributed by atoms with Crippen LogP contribution in [0.3, 0.4) is 0 Å². The van der Waals surface area contributed by atoms with Crippen molar-refractivity contribution >= 4 is 41.4 Å². The van der Waals surface area contributed by atoms with Crippen molar-refractivity contribution in [3.8, 4) is 0 Å². The van der Waals surface area contributed by atoms with Crippen molar-refractivity contribution in [2.24, 2.45) is 28.1 Å². The molecule has 3 unspecified atom stereocenters. The Bertz CT molecular complexity index is 656. The number of nitrogens with two attached hydrogens (primary N) is 3. The number of rotatable bonds is 16. The number of aliphatic imine (C=N–C) groups is 1. The molecule has 10 N–H and O–H groups in total. The molecule has 0 aromatic rings. The molecule has 32 heavy (non-hydrogen) atoms. The van der Waals surface area contributed by atoms with Gasteiger partial charge in [-0.25, -0.2) is 4.79 Å². The van der Waals surface area contributed by atoms with Crippen molar-refractivity contribution in [2.45, 2.75) is 57.7 Å². The van der Waals surface area contributed by atoms with Gasteiger partial charge in [-0.15, -0.1) is 0 Å². The van der Waals surface area contributed by atoms with Gasteiger partial charge in [0.25, 0.3) is 0 Å². The van der Waals surface area contributed by atoms with Crippen LogP contribution in [0.1, 0.15) is 39.5 Å². The summed E-state index contributed by atoms with van der Waals surface area (Å²) >= 11 is 1.50. The number of thioether (sulfide) groups is 1. The number of carboxylic acid groups (broad SMARTS) is 1. The van der Waals surface area contributed by atoms with Crippen LogP contribution in [0.2, 0.25) is 0 Å². The first-order valence-corrected chi connectivity index (χ1v) is 11.8. The monoisotopic (exact) mass is 475 g/mol. The van der Waals surface area contributed by atoms with Crippen molar-refractivity contribution in [2.75, 3.05) is 25.1 Å². The quantitative estimate of drug-likeness (QED) is 0.0771. The van der Waals surface area contributed by atoms with Crippen molar-refractivity contribution in [1.29, 1.82) is 0 Å². The second-order valence-electron chi connectivity index (χ2n) is 7.64. The minimum absolute atomic E-state index is 0.0358. The number of guanidine groups is 1. The smallest absolute Gasteiger partial charge is 0.326 e. The van der Waals surface area contributed by atoms with Crippen LogP contribution in [-0.4, -0.2) is 78.0 Å². The van der Waals surface area contributed by atoms with Gasteiger partial charge in [-0.1, -0.05) is 13.8 Å². The van der Waals surface area contributed by atoms with Crippen molar-refractivity contribution < 1.29 is 24.3 Å². The zero-order chi connectivity index (χ0) is 24.7. The maximum absolute atomic E-state index is 12.8. The molecule has 12 nitrogen and oxygen atoms in total. The molecule has 0 saturated heterocycles. The highest BCUT2D eigenvalue weighted by Crippen LogP contribution is 2.08. The number of carboxylic acids is 1. The van der Waals surface area contributed by atoms with E-state index in [0.717, 1.165) is 0 Å².